The number of hydrogen-bond acceptors (Lipinski definition) is 4. The Morgan fingerprint density at radius 3 is 2.89 bits per heavy atom. The minimum Gasteiger partial charge on any atom is -0.468 e. The maximum absolute atomic E-state index is 11.9. The third-order valence-corrected chi connectivity index (χ3v) is 3.26. The van der Waals surface area contributed by atoms with Gasteiger partial charge in [-0.15, -0.1) is 0 Å². The lowest BCUT2D eigenvalue weighted by atomic mass is 9.95. The third-order valence-electron chi connectivity index (χ3n) is 3.07. The molecule has 1 aromatic rings. The molecule has 108 valence electrons. The lowest BCUT2D eigenvalue weighted by molar-refractivity contribution is -0.148. The first-order valence-corrected chi connectivity index (χ1v) is 6.91. The Morgan fingerprint density at radius 1 is 1.63 bits per heavy atom. The van der Waals surface area contributed by atoms with Gasteiger partial charge in [-0.2, -0.15) is 5.10 Å². The number of nitrogens with zero attached hydrogens (tertiary/aromatic N) is 2. The predicted octanol–water partition coefficient (Wildman–Crippen LogP) is 2.25. The molecule has 0 spiro atoms. The van der Waals surface area contributed by atoms with Crippen LogP contribution in [0.1, 0.15) is 33.1 Å². The average Bonchev–Trinajstić information content (AvgIpc) is 2.81. The summed E-state index contributed by atoms with van der Waals surface area (Å²) in [7, 11) is 1.42. The van der Waals surface area contributed by atoms with Gasteiger partial charge in [0.25, 0.3) is 0 Å². The van der Waals surface area contributed by atoms with E-state index in [1.807, 2.05) is 6.92 Å². The van der Waals surface area contributed by atoms with Gasteiger partial charge in [-0.05, 0) is 32.7 Å². The van der Waals surface area contributed by atoms with Crippen LogP contribution in [0.15, 0.2) is 12.4 Å². The summed E-state index contributed by atoms with van der Waals surface area (Å²) in [5.41, 5.74) is -0.637. The lowest BCUT2D eigenvalue weighted by Gasteiger charge is -2.28. The van der Waals surface area contributed by atoms with Crippen LogP contribution in [0.3, 0.4) is 0 Å². The van der Waals surface area contributed by atoms with Crippen molar-refractivity contribution in [2.24, 2.45) is 0 Å². The molecule has 1 rings (SSSR count). The molecule has 19 heavy (non-hydrogen) atoms. The van der Waals surface area contributed by atoms with Crippen molar-refractivity contribution in [3.63, 3.8) is 0 Å². The molecule has 0 amide bonds. The fraction of sp³-hybridized carbons (Fsp3) is 0.692. The molecule has 1 N–H and O–H groups in total. The topological polar surface area (TPSA) is 56.2 Å². The molecule has 1 unspecified atom stereocenters. The molecule has 0 saturated heterocycles. The fourth-order valence-electron chi connectivity index (χ4n) is 1.94. The minimum atomic E-state index is -0.637. The predicted molar refractivity (Wildman–Crippen MR) is 75.2 cm³/mol. The van der Waals surface area contributed by atoms with Gasteiger partial charge in [-0.3, -0.25) is 9.48 Å². The number of carbonyl (C=O) groups excluding carboxylic acids is 1. The summed E-state index contributed by atoms with van der Waals surface area (Å²) < 4.78 is 6.65. The van der Waals surface area contributed by atoms with Crippen LogP contribution in [-0.2, 0) is 16.1 Å². The Kier molecular flexibility index (Phi) is 6.31. The molecule has 0 aliphatic heterocycles. The SMILES string of the molecule is CCCNC(C)(CCCn1cc(Cl)cn1)C(=O)OC. The number of hydrogen-bond donors (Lipinski definition) is 1. The number of ether oxygens (including phenoxy) is 1. The molecular formula is C13H22ClN3O2. The molecule has 5 nitrogen and oxygen atoms in total. The van der Waals surface area contributed by atoms with E-state index in [9.17, 15) is 4.79 Å². The van der Waals surface area contributed by atoms with Crippen LogP contribution in [0.4, 0.5) is 0 Å². The third kappa shape index (κ3) is 4.84. The van der Waals surface area contributed by atoms with Gasteiger partial charge in [-0.1, -0.05) is 18.5 Å². The van der Waals surface area contributed by atoms with Crippen LogP contribution in [0, 0.1) is 0 Å². The zero-order valence-electron chi connectivity index (χ0n) is 11.8. The number of aryl methyl sites for hydroxylation is 1. The van der Waals surface area contributed by atoms with Gasteiger partial charge < -0.3 is 10.1 Å². The van der Waals surface area contributed by atoms with Gasteiger partial charge in [0.1, 0.15) is 5.54 Å². The number of methoxy groups -OCH3 is 1. The van der Waals surface area contributed by atoms with Crippen molar-refractivity contribution in [2.45, 2.75) is 45.2 Å². The molecule has 6 heteroatoms. The van der Waals surface area contributed by atoms with E-state index in [2.05, 4.69) is 17.3 Å². The Hall–Kier alpha value is -1.07. The zero-order chi connectivity index (χ0) is 14.3. The van der Waals surface area contributed by atoms with Crippen molar-refractivity contribution in [1.29, 1.82) is 0 Å². The van der Waals surface area contributed by atoms with E-state index in [-0.39, 0.29) is 5.97 Å². The Bertz CT molecular complexity index is 408. The molecule has 0 aliphatic rings. The normalized spacial score (nSPS) is 14.1. The van der Waals surface area contributed by atoms with Crippen LogP contribution in [-0.4, -0.2) is 34.9 Å². The highest BCUT2D eigenvalue weighted by Gasteiger charge is 2.32. The smallest absolute Gasteiger partial charge is 0.325 e. The first kappa shape index (κ1) is 16.0. The number of carbonyl (C=O) groups is 1. The van der Waals surface area contributed by atoms with Crippen molar-refractivity contribution >= 4 is 17.6 Å². The van der Waals surface area contributed by atoms with E-state index >= 15 is 0 Å². The lowest BCUT2D eigenvalue weighted by Crippen LogP contribution is -2.50. The van der Waals surface area contributed by atoms with E-state index in [1.54, 1.807) is 17.1 Å². The van der Waals surface area contributed by atoms with E-state index in [0.29, 0.717) is 11.4 Å². The number of esters is 1. The van der Waals surface area contributed by atoms with Gasteiger partial charge >= 0.3 is 5.97 Å². The van der Waals surface area contributed by atoms with Crippen LogP contribution < -0.4 is 5.32 Å². The van der Waals surface area contributed by atoms with E-state index in [1.165, 1.54) is 7.11 Å². The molecular weight excluding hydrogens is 266 g/mol. The molecule has 1 heterocycles. The first-order valence-electron chi connectivity index (χ1n) is 6.53. The number of rotatable bonds is 8. The van der Waals surface area contributed by atoms with Crippen molar-refractivity contribution in [1.82, 2.24) is 15.1 Å². The molecule has 0 bridgehead atoms. The number of halogens is 1. The van der Waals surface area contributed by atoms with Gasteiger partial charge in [-0.25, -0.2) is 0 Å². The standard InChI is InChI=1S/C13H22ClN3O2/c1-4-7-15-13(2,12(18)19-3)6-5-8-17-10-11(14)9-16-17/h9-10,15H,4-8H2,1-3H3. The second-order valence-electron chi connectivity index (χ2n) is 4.78. The second kappa shape index (κ2) is 7.50. The summed E-state index contributed by atoms with van der Waals surface area (Å²) in [4.78, 5) is 11.9. The highest BCUT2D eigenvalue weighted by Crippen LogP contribution is 2.16. The Morgan fingerprint density at radius 2 is 2.37 bits per heavy atom. The fourth-order valence-corrected chi connectivity index (χ4v) is 2.10. The summed E-state index contributed by atoms with van der Waals surface area (Å²) in [6, 6.07) is 0. The van der Waals surface area contributed by atoms with Crippen molar-refractivity contribution in [3.8, 4) is 0 Å². The van der Waals surface area contributed by atoms with Crippen LogP contribution in [0.25, 0.3) is 0 Å². The van der Waals surface area contributed by atoms with E-state index in [4.69, 9.17) is 16.3 Å². The highest BCUT2D eigenvalue weighted by molar-refractivity contribution is 6.30. The van der Waals surface area contributed by atoms with Gasteiger partial charge in [0.15, 0.2) is 0 Å². The minimum absolute atomic E-state index is 0.223. The van der Waals surface area contributed by atoms with E-state index in [0.717, 1.165) is 25.9 Å². The summed E-state index contributed by atoms with van der Waals surface area (Å²) in [5, 5.41) is 7.99. The zero-order valence-corrected chi connectivity index (χ0v) is 12.5. The molecule has 1 atom stereocenters. The molecule has 0 aromatic carbocycles. The monoisotopic (exact) mass is 287 g/mol. The Balaban J connectivity index is 2.50. The largest absolute Gasteiger partial charge is 0.468 e. The van der Waals surface area contributed by atoms with Gasteiger partial charge in [0, 0.05) is 12.7 Å². The summed E-state index contributed by atoms with van der Waals surface area (Å²) >= 11 is 5.80. The van der Waals surface area contributed by atoms with Gasteiger partial charge in [0.05, 0.1) is 18.3 Å². The number of aromatic nitrogens is 2. The van der Waals surface area contributed by atoms with Gasteiger partial charge in [0.2, 0.25) is 0 Å². The van der Waals surface area contributed by atoms with Crippen LogP contribution in [0.5, 0.6) is 0 Å². The highest BCUT2D eigenvalue weighted by atomic mass is 35.5. The molecule has 0 fully saturated rings. The Labute approximate surface area is 119 Å². The molecule has 0 aliphatic carbocycles. The van der Waals surface area contributed by atoms with Crippen molar-refractivity contribution < 1.29 is 9.53 Å². The quantitative estimate of drug-likeness (QED) is 0.745. The average molecular weight is 288 g/mol. The summed E-state index contributed by atoms with van der Waals surface area (Å²) in [6.07, 6.45) is 5.87. The summed E-state index contributed by atoms with van der Waals surface area (Å²) in [6.45, 7) is 5.47. The number of nitrogens with one attached hydrogen (secondary N) is 1. The second-order valence-corrected chi connectivity index (χ2v) is 5.21. The summed E-state index contributed by atoms with van der Waals surface area (Å²) in [5.74, 6) is -0.223. The maximum atomic E-state index is 11.9. The van der Waals surface area contributed by atoms with Crippen LogP contribution in [0.2, 0.25) is 5.02 Å². The first-order chi connectivity index (χ1) is 9.01. The van der Waals surface area contributed by atoms with Crippen molar-refractivity contribution in [2.75, 3.05) is 13.7 Å². The van der Waals surface area contributed by atoms with E-state index < -0.39 is 5.54 Å². The molecule has 0 radical (unpaired) electrons. The molecule has 0 saturated carbocycles. The van der Waals surface area contributed by atoms with Crippen LogP contribution >= 0.6 is 11.6 Å². The molecule has 1 aromatic heterocycles. The van der Waals surface area contributed by atoms with Crippen molar-refractivity contribution in [3.05, 3.63) is 17.4 Å². The maximum Gasteiger partial charge on any atom is 0.325 e.